The van der Waals surface area contributed by atoms with E-state index in [9.17, 15) is 4.79 Å². The number of nitrogens with two attached hydrogens (primary N) is 1. The highest BCUT2D eigenvalue weighted by Crippen LogP contribution is 2.27. The smallest absolute Gasteiger partial charge is 0.225 e. The molecule has 1 amide bonds. The Kier molecular flexibility index (Phi) is 5.62. The Morgan fingerprint density at radius 1 is 1.43 bits per heavy atom. The van der Waals surface area contributed by atoms with E-state index < -0.39 is 0 Å². The molecule has 3 N–H and O–H groups in total. The van der Waals surface area contributed by atoms with Gasteiger partial charge in [0.05, 0.1) is 0 Å². The van der Waals surface area contributed by atoms with Crippen LogP contribution in [0.25, 0.3) is 0 Å². The molecule has 0 heterocycles. The average molecular weight is 289 g/mol. The standard InChI is InChI=1S/C17H27N3O/c1-3-20(12-14-5-4-6-14)10-9-17(21)19-16-11-15(18)8-7-13(16)2/h7-8,11,14H,3-6,9-10,12,18H2,1-2H3,(H,19,21). The number of nitrogen functional groups attached to an aromatic ring is 1. The highest BCUT2D eigenvalue weighted by atomic mass is 16.1. The lowest BCUT2D eigenvalue weighted by atomic mass is 9.85. The molecule has 0 atom stereocenters. The predicted octanol–water partition coefficient (Wildman–Crippen LogP) is 3.03. The molecule has 0 unspecified atom stereocenters. The van der Waals surface area contributed by atoms with Crippen LogP contribution < -0.4 is 11.1 Å². The summed E-state index contributed by atoms with van der Waals surface area (Å²) in [6.45, 7) is 7.13. The van der Waals surface area contributed by atoms with E-state index in [4.69, 9.17) is 5.73 Å². The van der Waals surface area contributed by atoms with Crippen LogP contribution in [0.3, 0.4) is 0 Å². The Bertz CT molecular complexity index is 483. The van der Waals surface area contributed by atoms with E-state index in [2.05, 4.69) is 17.1 Å². The topological polar surface area (TPSA) is 58.4 Å². The molecule has 1 aromatic carbocycles. The molecule has 0 radical (unpaired) electrons. The van der Waals surface area contributed by atoms with Gasteiger partial charge in [-0.15, -0.1) is 0 Å². The number of nitrogens with one attached hydrogen (secondary N) is 1. The molecule has 1 aliphatic rings. The molecule has 0 bridgehead atoms. The first kappa shape index (κ1) is 15.8. The number of hydrogen-bond acceptors (Lipinski definition) is 3. The Morgan fingerprint density at radius 2 is 2.19 bits per heavy atom. The molecule has 1 saturated carbocycles. The number of carbonyl (C=O) groups is 1. The minimum absolute atomic E-state index is 0.0655. The third kappa shape index (κ3) is 4.74. The van der Waals surface area contributed by atoms with Crippen LogP contribution in [0.1, 0.15) is 38.2 Å². The molecule has 4 nitrogen and oxygen atoms in total. The molecule has 0 saturated heterocycles. The number of amides is 1. The largest absolute Gasteiger partial charge is 0.399 e. The van der Waals surface area contributed by atoms with Gasteiger partial charge < -0.3 is 16.0 Å². The molecule has 2 rings (SSSR count). The first-order valence-electron chi connectivity index (χ1n) is 7.96. The van der Waals surface area contributed by atoms with Gasteiger partial charge in [0.15, 0.2) is 0 Å². The van der Waals surface area contributed by atoms with Crippen LogP contribution in [0.5, 0.6) is 0 Å². The molecule has 1 aromatic rings. The zero-order chi connectivity index (χ0) is 15.2. The summed E-state index contributed by atoms with van der Waals surface area (Å²) in [5.74, 6) is 0.917. The fraction of sp³-hybridized carbons (Fsp3) is 0.588. The van der Waals surface area contributed by atoms with Crippen LogP contribution in [0.4, 0.5) is 11.4 Å². The maximum atomic E-state index is 12.1. The number of nitrogens with zero attached hydrogens (tertiary/aromatic N) is 1. The Hall–Kier alpha value is -1.55. The Labute approximate surface area is 127 Å². The molecular weight excluding hydrogens is 262 g/mol. The highest BCUT2D eigenvalue weighted by Gasteiger charge is 2.20. The minimum atomic E-state index is 0.0655. The van der Waals surface area contributed by atoms with Crippen molar-refractivity contribution in [2.24, 2.45) is 5.92 Å². The second-order valence-corrected chi connectivity index (χ2v) is 6.06. The second-order valence-electron chi connectivity index (χ2n) is 6.06. The van der Waals surface area contributed by atoms with Gasteiger partial charge in [-0.3, -0.25) is 4.79 Å². The lowest BCUT2D eigenvalue weighted by molar-refractivity contribution is -0.116. The molecule has 4 heteroatoms. The molecule has 116 valence electrons. The van der Waals surface area contributed by atoms with Gasteiger partial charge >= 0.3 is 0 Å². The summed E-state index contributed by atoms with van der Waals surface area (Å²) >= 11 is 0. The van der Waals surface area contributed by atoms with Crippen LogP contribution in [0.2, 0.25) is 0 Å². The van der Waals surface area contributed by atoms with Crippen molar-refractivity contribution in [3.05, 3.63) is 23.8 Å². The number of carbonyl (C=O) groups excluding carboxylic acids is 1. The van der Waals surface area contributed by atoms with Crippen LogP contribution in [-0.4, -0.2) is 30.4 Å². The van der Waals surface area contributed by atoms with Gasteiger partial charge in [0.2, 0.25) is 5.91 Å². The van der Waals surface area contributed by atoms with E-state index in [1.54, 1.807) is 0 Å². The molecule has 0 spiro atoms. The molecule has 0 aromatic heterocycles. The van der Waals surface area contributed by atoms with Crippen molar-refractivity contribution in [1.29, 1.82) is 0 Å². The summed E-state index contributed by atoms with van der Waals surface area (Å²) in [4.78, 5) is 14.5. The van der Waals surface area contributed by atoms with Crippen LogP contribution >= 0.6 is 0 Å². The van der Waals surface area contributed by atoms with Gasteiger partial charge in [0.1, 0.15) is 0 Å². The summed E-state index contributed by atoms with van der Waals surface area (Å²) in [5, 5.41) is 2.97. The fourth-order valence-corrected chi connectivity index (χ4v) is 2.67. The highest BCUT2D eigenvalue weighted by molar-refractivity contribution is 5.92. The SMILES string of the molecule is CCN(CCC(=O)Nc1cc(N)ccc1C)CC1CCC1. The first-order chi connectivity index (χ1) is 10.1. The monoisotopic (exact) mass is 289 g/mol. The van der Waals surface area contributed by atoms with Gasteiger partial charge in [0.25, 0.3) is 0 Å². The Morgan fingerprint density at radius 3 is 2.81 bits per heavy atom. The summed E-state index contributed by atoms with van der Waals surface area (Å²) in [7, 11) is 0. The summed E-state index contributed by atoms with van der Waals surface area (Å²) in [6.07, 6.45) is 4.61. The van der Waals surface area contributed by atoms with Crippen molar-refractivity contribution >= 4 is 17.3 Å². The minimum Gasteiger partial charge on any atom is -0.399 e. The fourth-order valence-electron chi connectivity index (χ4n) is 2.67. The number of benzene rings is 1. The number of hydrogen-bond donors (Lipinski definition) is 2. The van der Waals surface area contributed by atoms with E-state index >= 15 is 0 Å². The van der Waals surface area contributed by atoms with Gasteiger partial charge in [-0.1, -0.05) is 19.4 Å². The van der Waals surface area contributed by atoms with E-state index in [1.807, 2.05) is 25.1 Å². The quantitative estimate of drug-likeness (QED) is 0.759. The predicted molar refractivity (Wildman–Crippen MR) is 88.3 cm³/mol. The van der Waals surface area contributed by atoms with Crippen molar-refractivity contribution in [2.45, 2.75) is 39.5 Å². The normalized spacial score (nSPS) is 15.0. The van der Waals surface area contributed by atoms with E-state index in [0.717, 1.165) is 36.8 Å². The summed E-state index contributed by atoms with van der Waals surface area (Å²) in [6, 6.07) is 5.60. The van der Waals surface area contributed by atoms with E-state index in [-0.39, 0.29) is 5.91 Å². The third-order valence-electron chi connectivity index (χ3n) is 4.38. The molecule has 1 aliphatic carbocycles. The van der Waals surface area contributed by atoms with Gasteiger partial charge in [-0.25, -0.2) is 0 Å². The summed E-state index contributed by atoms with van der Waals surface area (Å²) in [5.41, 5.74) is 8.30. The zero-order valence-electron chi connectivity index (χ0n) is 13.2. The molecular formula is C17H27N3O. The van der Waals surface area contributed by atoms with E-state index in [0.29, 0.717) is 12.1 Å². The van der Waals surface area contributed by atoms with Gasteiger partial charge in [0, 0.05) is 30.9 Å². The zero-order valence-corrected chi connectivity index (χ0v) is 13.2. The first-order valence-corrected chi connectivity index (χ1v) is 7.96. The van der Waals surface area contributed by atoms with Crippen LogP contribution in [-0.2, 0) is 4.79 Å². The Balaban J connectivity index is 1.79. The molecule has 1 fully saturated rings. The second kappa shape index (κ2) is 7.46. The number of anilines is 2. The van der Waals surface area contributed by atoms with Crippen molar-refractivity contribution in [1.82, 2.24) is 4.90 Å². The maximum absolute atomic E-state index is 12.1. The summed E-state index contributed by atoms with van der Waals surface area (Å²) < 4.78 is 0. The lowest BCUT2D eigenvalue weighted by Crippen LogP contribution is -2.34. The lowest BCUT2D eigenvalue weighted by Gasteiger charge is -2.31. The maximum Gasteiger partial charge on any atom is 0.225 e. The van der Waals surface area contributed by atoms with Crippen LogP contribution in [0.15, 0.2) is 18.2 Å². The van der Waals surface area contributed by atoms with Crippen molar-refractivity contribution in [3.63, 3.8) is 0 Å². The van der Waals surface area contributed by atoms with Crippen molar-refractivity contribution < 1.29 is 4.79 Å². The van der Waals surface area contributed by atoms with Gasteiger partial charge in [-0.2, -0.15) is 0 Å². The number of rotatable bonds is 7. The average Bonchev–Trinajstić information content (AvgIpc) is 2.41. The van der Waals surface area contributed by atoms with Crippen LogP contribution in [0, 0.1) is 12.8 Å². The van der Waals surface area contributed by atoms with Crippen molar-refractivity contribution in [3.8, 4) is 0 Å². The van der Waals surface area contributed by atoms with Crippen molar-refractivity contribution in [2.75, 3.05) is 30.7 Å². The van der Waals surface area contributed by atoms with Gasteiger partial charge in [-0.05, 0) is 49.9 Å². The van der Waals surface area contributed by atoms with E-state index in [1.165, 1.54) is 19.3 Å². The number of aryl methyl sites for hydroxylation is 1. The molecule has 21 heavy (non-hydrogen) atoms. The molecule has 0 aliphatic heterocycles. The third-order valence-corrected chi connectivity index (χ3v) is 4.38.